The Morgan fingerprint density at radius 2 is 2.12 bits per heavy atom. The minimum absolute atomic E-state index is 0.0139. The van der Waals surface area contributed by atoms with Gasteiger partial charge in [0.05, 0.1) is 13.2 Å². The van der Waals surface area contributed by atoms with E-state index in [1.807, 2.05) is 0 Å². The van der Waals surface area contributed by atoms with Crippen molar-refractivity contribution >= 4 is 16.1 Å². The number of amides is 1. The van der Waals surface area contributed by atoms with Crippen LogP contribution in [0.1, 0.15) is 30.9 Å². The van der Waals surface area contributed by atoms with Gasteiger partial charge in [-0.3, -0.25) is 4.79 Å². The highest BCUT2D eigenvalue weighted by Crippen LogP contribution is 2.29. The van der Waals surface area contributed by atoms with Gasteiger partial charge in [0, 0.05) is 26.2 Å². The highest BCUT2D eigenvalue weighted by molar-refractivity contribution is 7.87. The molecular formula is C17H25N3O5S. The number of nitrogens with one attached hydrogen (secondary N) is 2. The van der Waals surface area contributed by atoms with Crippen molar-refractivity contribution in [2.75, 3.05) is 27.3 Å². The number of hydrogen-bond acceptors (Lipinski definition) is 5. The number of methoxy groups -OCH3 is 1. The highest BCUT2D eigenvalue weighted by atomic mass is 32.2. The molecule has 26 heavy (non-hydrogen) atoms. The number of likely N-dealkylation sites (N-methyl/N-ethyl adjacent to an activating group) is 1. The zero-order valence-corrected chi connectivity index (χ0v) is 15.8. The number of hydrogen-bond donors (Lipinski definition) is 2. The monoisotopic (exact) mass is 383 g/mol. The Morgan fingerprint density at radius 1 is 1.38 bits per heavy atom. The summed E-state index contributed by atoms with van der Waals surface area (Å²) in [5, 5.41) is 2.83. The third-order valence-corrected chi connectivity index (χ3v) is 6.51. The van der Waals surface area contributed by atoms with E-state index < -0.39 is 22.3 Å². The van der Waals surface area contributed by atoms with Crippen molar-refractivity contribution < 1.29 is 22.7 Å². The van der Waals surface area contributed by atoms with Crippen LogP contribution in [0.3, 0.4) is 0 Å². The lowest BCUT2D eigenvalue weighted by Gasteiger charge is -2.36. The molecule has 0 radical (unpaired) electrons. The molecule has 0 aliphatic carbocycles. The van der Waals surface area contributed by atoms with Gasteiger partial charge < -0.3 is 14.8 Å². The molecule has 1 amide bonds. The molecule has 1 aromatic rings. The minimum atomic E-state index is -3.75. The molecular weight excluding hydrogens is 358 g/mol. The first-order valence-electron chi connectivity index (χ1n) is 8.69. The lowest BCUT2D eigenvalue weighted by atomic mass is 9.99. The van der Waals surface area contributed by atoms with Crippen LogP contribution in [0.4, 0.5) is 0 Å². The van der Waals surface area contributed by atoms with Crippen LogP contribution in [-0.4, -0.2) is 58.1 Å². The van der Waals surface area contributed by atoms with Gasteiger partial charge in [-0.1, -0.05) is 12.1 Å². The number of benzene rings is 1. The largest absolute Gasteiger partial charge is 0.497 e. The summed E-state index contributed by atoms with van der Waals surface area (Å²) in [6.45, 7) is 1.12. The van der Waals surface area contributed by atoms with Gasteiger partial charge in [-0.25, -0.2) is 0 Å². The van der Waals surface area contributed by atoms with Crippen LogP contribution in [0.2, 0.25) is 0 Å². The second-order valence-corrected chi connectivity index (χ2v) is 8.36. The van der Waals surface area contributed by atoms with Crippen molar-refractivity contribution in [3.63, 3.8) is 0 Å². The van der Waals surface area contributed by atoms with Crippen LogP contribution in [0.15, 0.2) is 24.3 Å². The van der Waals surface area contributed by atoms with Crippen LogP contribution in [0.5, 0.6) is 5.75 Å². The average molecular weight is 383 g/mol. The quantitative estimate of drug-likeness (QED) is 0.775. The molecule has 0 aromatic heterocycles. The first-order chi connectivity index (χ1) is 12.4. The maximum Gasteiger partial charge on any atom is 0.280 e. The lowest BCUT2D eigenvalue weighted by Crippen LogP contribution is -2.57. The van der Waals surface area contributed by atoms with Gasteiger partial charge in [-0.15, -0.1) is 0 Å². The number of ether oxygens (including phenoxy) is 2. The minimum Gasteiger partial charge on any atom is -0.497 e. The number of carbonyl (C=O) groups excluding carboxylic acids is 1. The lowest BCUT2D eigenvalue weighted by molar-refractivity contribution is -0.125. The average Bonchev–Trinajstić information content (AvgIpc) is 3.15. The Kier molecular flexibility index (Phi) is 5.81. The van der Waals surface area contributed by atoms with Crippen LogP contribution in [-0.2, 0) is 19.7 Å². The second kappa shape index (κ2) is 7.91. The van der Waals surface area contributed by atoms with Crippen molar-refractivity contribution in [1.29, 1.82) is 0 Å². The molecule has 2 fully saturated rings. The molecule has 0 saturated carbocycles. The Hall–Kier alpha value is -1.68. The third kappa shape index (κ3) is 4.17. The molecule has 9 heteroatoms. The zero-order valence-electron chi connectivity index (χ0n) is 15.0. The number of carbonyl (C=O) groups is 1. The first-order valence-corrected chi connectivity index (χ1v) is 10.1. The molecule has 2 aliphatic heterocycles. The van der Waals surface area contributed by atoms with Crippen molar-refractivity contribution in [2.45, 2.75) is 37.5 Å². The van der Waals surface area contributed by atoms with E-state index in [0.717, 1.165) is 22.7 Å². The van der Waals surface area contributed by atoms with E-state index >= 15 is 0 Å². The van der Waals surface area contributed by atoms with Crippen molar-refractivity contribution in [3.8, 4) is 5.75 Å². The predicted octanol–water partition coefficient (Wildman–Crippen LogP) is 0.570. The van der Waals surface area contributed by atoms with Crippen molar-refractivity contribution in [2.24, 2.45) is 0 Å². The molecule has 144 valence electrons. The molecule has 2 heterocycles. The van der Waals surface area contributed by atoms with Gasteiger partial charge in [0.25, 0.3) is 10.2 Å². The Labute approximate surface area is 154 Å². The van der Waals surface area contributed by atoms with Crippen LogP contribution in [0, 0.1) is 0 Å². The summed E-state index contributed by atoms with van der Waals surface area (Å²) in [4.78, 5) is 12.6. The van der Waals surface area contributed by atoms with E-state index in [2.05, 4.69) is 10.0 Å². The Morgan fingerprint density at radius 3 is 2.73 bits per heavy atom. The standard InChI is InChI=1S/C17H25N3O5S/c1-20-16(17(21)18-11-14-4-3-9-25-14)10-15(19-26(20,22)23)12-5-7-13(24-2)8-6-12/h5-8,14-16,19H,3-4,9-11H2,1-2H3,(H,18,21)/t14-,15-,16+/m0/s1. The zero-order chi connectivity index (χ0) is 18.7. The van der Waals surface area contributed by atoms with Crippen molar-refractivity contribution in [1.82, 2.24) is 14.3 Å². The summed E-state index contributed by atoms with van der Waals surface area (Å²) in [6.07, 6.45) is 2.26. The van der Waals surface area contributed by atoms with Crippen LogP contribution in [0.25, 0.3) is 0 Å². The van der Waals surface area contributed by atoms with Gasteiger partial charge in [-0.05, 0) is 37.0 Å². The molecule has 2 saturated heterocycles. The van der Waals surface area contributed by atoms with E-state index in [0.29, 0.717) is 25.3 Å². The predicted molar refractivity (Wildman–Crippen MR) is 95.9 cm³/mol. The summed E-state index contributed by atoms with van der Waals surface area (Å²) in [7, 11) is -0.755. The summed E-state index contributed by atoms with van der Waals surface area (Å²) in [5.74, 6) is 0.391. The Bertz CT molecular complexity index is 731. The molecule has 0 spiro atoms. The summed E-state index contributed by atoms with van der Waals surface area (Å²) < 4.78 is 39.3. The highest BCUT2D eigenvalue weighted by Gasteiger charge is 2.40. The van der Waals surface area contributed by atoms with E-state index in [4.69, 9.17) is 9.47 Å². The fourth-order valence-corrected chi connectivity index (χ4v) is 4.58. The molecule has 8 nitrogen and oxygen atoms in total. The van der Waals surface area contributed by atoms with E-state index in [-0.39, 0.29) is 12.0 Å². The number of rotatable bonds is 5. The number of nitrogens with zero attached hydrogens (tertiary/aromatic N) is 1. The molecule has 0 unspecified atom stereocenters. The SMILES string of the molecule is COc1ccc([C@@H]2C[C@H](C(=O)NC[C@@H]3CCCO3)N(C)S(=O)(=O)N2)cc1. The van der Waals surface area contributed by atoms with Gasteiger partial charge >= 0.3 is 0 Å². The van der Waals surface area contributed by atoms with E-state index in [1.165, 1.54) is 7.05 Å². The van der Waals surface area contributed by atoms with Gasteiger partial charge in [0.2, 0.25) is 5.91 Å². The maximum atomic E-state index is 12.6. The normalized spacial score (nSPS) is 28.6. The molecule has 2 aliphatic rings. The molecule has 2 N–H and O–H groups in total. The van der Waals surface area contributed by atoms with Crippen LogP contribution >= 0.6 is 0 Å². The fourth-order valence-electron chi connectivity index (χ4n) is 3.30. The van der Waals surface area contributed by atoms with Crippen LogP contribution < -0.4 is 14.8 Å². The molecule has 3 rings (SSSR count). The topological polar surface area (TPSA) is 97.0 Å². The molecule has 1 aromatic carbocycles. The van der Waals surface area contributed by atoms with E-state index in [9.17, 15) is 13.2 Å². The fraction of sp³-hybridized carbons (Fsp3) is 0.588. The smallest absolute Gasteiger partial charge is 0.280 e. The first kappa shape index (κ1) is 19.1. The molecule has 0 bridgehead atoms. The summed E-state index contributed by atoms with van der Waals surface area (Å²) >= 11 is 0. The maximum absolute atomic E-state index is 12.6. The second-order valence-electron chi connectivity index (χ2n) is 6.60. The van der Waals surface area contributed by atoms with Gasteiger partial charge in [0.1, 0.15) is 11.8 Å². The summed E-state index contributed by atoms with van der Waals surface area (Å²) in [5.41, 5.74) is 0.791. The Balaban J connectivity index is 1.71. The molecule has 3 atom stereocenters. The van der Waals surface area contributed by atoms with Crippen molar-refractivity contribution in [3.05, 3.63) is 29.8 Å². The van der Waals surface area contributed by atoms with E-state index in [1.54, 1.807) is 31.4 Å². The van der Waals surface area contributed by atoms with Gasteiger partial charge in [0.15, 0.2) is 0 Å². The van der Waals surface area contributed by atoms with Gasteiger partial charge in [-0.2, -0.15) is 17.4 Å². The third-order valence-electron chi connectivity index (χ3n) is 4.92. The summed E-state index contributed by atoms with van der Waals surface area (Å²) in [6, 6.07) is 5.91.